The van der Waals surface area contributed by atoms with Crippen LogP contribution in [0.2, 0.25) is 0 Å². The summed E-state index contributed by atoms with van der Waals surface area (Å²) in [5, 5.41) is 0. The Morgan fingerprint density at radius 1 is 1.11 bits per heavy atom. The van der Waals surface area contributed by atoms with Gasteiger partial charge in [-0.2, -0.15) is 0 Å². The molecule has 1 aromatic heterocycles. The molecular formula is C14H15F2N3. The van der Waals surface area contributed by atoms with Gasteiger partial charge in [0.25, 0.3) is 0 Å². The van der Waals surface area contributed by atoms with Crippen molar-refractivity contribution < 1.29 is 8.78 Å². The van der Waals surface area contributed by atoms with Crippen molar-refractivity contribution in [2.75, 3.05) is 0 Å². The molecule has 0 aliphatic rings. The molecule has 0 spiro atoms. The largest absolute Gasteiger partial charge is 0.271 e. The highest BCUT2D eigenvalue weighted by Gasteiger charge is 2.20. The van der Waals surface area contributed by atoms with Gasteiger partial charge in [0.2, 0.25) is 0 Å². The zero-order chi connectivity index (χ0) is 14.0. The second-order valence-electron chi connectivity index (χ2n) is 4.43. The fourth-order valence-corrected chi connectivity index (χ4v) is 1.90. The van der Waals surface area contributed by atoms with Gasteiger partial charge in [0, 0.05) is 17.5 Å². The number of pyridine rings is 1. The van der Waals surface area contributed by atoms with Crippen LogP contribution in [0.5, 0.6) is 0 Å². The molecular weight excluding hydrogens is 248 g/mol. The van der Waals surface area contributed by atoms with Gasteiger partial charge in [-0.1, -0.05) is 18.2 Å². The fourth-order valence-electron chi connectivity index (χ4n) is 1.90. The molecule has 1 unspecified atom stereocenters. The summed E-state index contributed by atoms with van der Waals surface area (Å²) in [4.78, 5) is 4.13. The van der Waals surface area contributed by atoms with Gasteiger partial charge in [0.05, 0.1) is 6.04 Å². The number of hydrazine groups is 1. The number of nitrogens with zero attached hydrogens (tertiary/aromatic N) is 1. The first-order chi connectivity index (χ1) is 9.04. The molecule has 1 heterocycles. The number of nitrogens with two attached hydrogens (primary N) is 1. The van der Waals surface area contributed by atoms with Crippen molar-refractivity contribution in [1.82, 2.24) is 10.4 Å². The number of benzene rings is 1. The van der Waals surface area contributed by atoms with E-state index < -0.39 is 17.7 Å². The molecule has 1 atom stereocenters. The molecule has 2 rings (SSSR count). The number of rotatable bonds is 3. The Hall–Kier alpha value is -1.85. The highest BCUT2D eigenvalue weighted by atomic mass is 19.2. The van der Waals surface area contributed by atoms with E-state index in [4.69, 9.17) is 5.84 Å². The second kappa shape index (κ2) is 5.42. The summed E-state index contributed by atoms with van der Waals surface area (Å²) >= 11 is 0. The maximum absolute atomic E-state index is 14.0. The van der Waals surface area contributed by atoms with Crippen LogP contribution in [0, 0.1) is 25.5 Å². The van der Waals surface area contributed by atoms with Crippen LogP contribution in [-0.4, -0.2) is 4.98 Å². The van der Waals surface area contributed by atoms with Gasteiger partial charge in [0.15, 0.2) is 11.6 Å². The summed E-state index contributed by atoms with van der Waals surface area (Å²) < 4.78 is 27.6. The molecule has 0 bridgehead atoms. The van der Waals surface area contributed by atoms with Crippen LogP contribution >= 0.6 is 0 Å². The molecule has 100 valence electrons. The molecule has 5 heteroatoms. The Bertz CT molecular complexity index is 582. The second-order valence-corrected chi connectivity index (χ2v) is 4.43. The van der Waals surface area contributed by atoms with Crippen LogP contribution in [0.1, 0.15) is 28.4 Å². The van der Waals surface area contributed by atoms with E-state index in [0.717, 1.165) is 5.69 Å². The lowest BCUT2D eigenvalue weighted by Crippen LogP contribution is -2.30. The minimum atomic E-state index is -0.886. The van der Waals surface area contributed by atoms with Crippen molar-refractivity contribution in [3.63, 3.8) is 0 Å². The standard InChI is InChI=1S/C14H15F2N3/c1-8-3-6-11(13(16)12(8)15)14(19-17)10-5-4-9(2)18-7-10/h3-7,14,19H,17H2,1-2H3. The Kier molecular flexibility index (Phi) is 3.87. The van der Waals surface area contributed by atoms with Gasteiger partial charge in [-0.05, 0) is 31.0 Å². The Morgan fingerprint density at radius 3 is 2.42 bits per heavy atom. The number of halogens is 2. The van der Waals surface area contributed by atoms with Gasteiger partial charge in [-0.25, -0.2) is 14.2 Å². The van der Waals surface area contributed by atoms with Crippen LogP contribution in [0.4, 0.5) is 8.78 Å². The van der Waals surface area contributed by atoms with Crippen molar-refractivity contribution in [1.29, 1.82) is 0 Å². The molecule has 0 radical (unpaired) electrons. The minimum absolute atomic E-state index is 0.163. The average molecular weight is 263 g/mol. The van der Waals surface area contributed by atoms with E-state index in [2.05, 4.69) is 10.4 Å². The van der Waals surface area contributed by atoms with E-state index in [-0.39, 0.29) is 11.1 Å². The van der Waals surface area contributed by atoms with E-state index in [1.165, 1.54) is 19.1 Å². The highest BCUT2D eigenvalue weighted by molar-refractivity contribution is 5.34. The zero-order valence-electron chi connectivity index (χ0n) is 10.7. The molecule has 0 fully saturated rings. The molecule has 3 N–H and O–H groups in total. The summed E-state index contributed by atoms with van der Waals surface area (Å²) in [6.07, 6.45) is 1.59. The summed E-state index contributed by atoms with van der Waals surface area (Å²) in [5.74, 6) is 3.73. The van der Waals surface area contributed by atoms with Gasteiger partial charge in [-0.15, -0.1) is 0 Å². The minimum Gasteiger partial charge on any atom is -0.271 e. The summed E-state index contributed by atoms with van der Waals surface area (Å²) in [6.45, 7) is 3.36. The first-order valence-corrected chi connectivity index (χ1v) is 5.87. The number of aryl methyl sites for hydroxylation is 2. The first kappa shape index (κ1) is 13.6. The lowest BCUT2D eigenvalue weighted by Gasteiger charge is -2.18. The third kappa shape index (κ3) is 2.62. The number of nitrogens with one attached hydrogen (secondary N) is 1. The van der Waals surface area contributed by atoms with Crippen molar-refractivity contribution in [2.45, 2.75) is 19.9 Å². The van der Waals surface area contributed by atoms with Crippen LogP contribution in [0.15, 0.2) is 30.5 Å². The van der Waals surface area contributed by atoms with E-state index in [0.29, 0.717) is 5.56 Å². The lowest BCUT2D eigenvalue weighted by atomic mass is 9.98. The monoisotopic (exact) mass is 263 g/mol. The molecule has 3 nitrogen and oxygen atoms in total. The Morgan fingerprint density at radius 2 is 1.84 bits per heavy atom. The van der Waals surface area contributed by atoms with Crippen molar-refractivity contribution in [3.8, 4) is 0 Å². The molecule has 0 saturated carbocycles. The van der Waals surface area contributed by atoms with Gasteiger partial charge >= 0.3 is 0 Å². The van der Waals surface area contributed by atoms with Crippen molar-refractivity contribution in [3.05, 3.63) is 64.5 Å². The molecule has 2 aromatic rings. The zero-order valence-corrected chi connectivity index (χ0v) is 10.7. The van der Waals surface area contributed by atoms with Gasteiger partial charge in [-0.3, -0.25) is 10.8 Å². The average Bonchev–Trinajstić information content (AvgIpc) is 2.41. The third-order valence-electron chi connectivity index (χ3n) is 3.05. The van der Waals surface area contributed by atoms with Gasteiger partial charge in [0.1, 0.15) is 0 Å². The van der Waals surface area contributed by atoms with Crippen LogP contribution in [-0.2, 0) is 0 Å². The van der Waals surface area contributed by atoms with Crippen molar-refractivity contribution in [2.24, 2.45) is 5.84 Å². The lowest BCUT2D eigenvalue weighted by molar-refractivity contribution is 0.478. The summed E-state index contributed by atoms with van der Waals surface area (Å²) in [5.41, 5.74) is 4.44. The topological polar surface area (TPSA) is 50.9 Å². The van der Waals surface area contributed by atoms with E-state index in [1.54, 1.807) is 18.3 Å². The Balaban J connectivity index is 2.48. The number of hydrogen-bond acceptors (Lipinski definition) is 3. The molecule has 0 saturated heterocycles. The van der Waals surface area contributed by atoms with Crippen LogP contribution in [0.25, 0.3) is 0 Å². The summed E-state index contributed by atoms with van der Waals surface area (Å²) in [7, 11) is 0. The SMILES string of the molecule is Cc1ccc(C(NN)c2ccc(C)c(F)c2F)cn1. The maximum atomic E-state index is 14.0. The fraction of sp³-hybridized carbons (Fsp3) is 0.214. The smallest absolute Gasteiger partial charge is 0.164 e. The third-order valence-corrected chi connectivity index (χ3v) is 3.05. The highest BCUT2D eigenvalue weighted by Crippen LogP contribution is 2.26. The normalized spacial score (nSPS) is 12.5. The maximum Gasteiger partial charge on any atom is 0.164 e. The predicted octanol–water partition coefficient (Wildman–Crippen LogP) is 2.53. The van der Waals surface area contributed by atoms with Gasteiger partial charge < -0.3 is 0 Å². The number of hydrogen-bond donors (Lipinski definition) is 2. The first-order valence-electron chi connectivity index (χ1n) is 5.87. The molecule has 0 aliphatic carbocycles. The molecule has 1 aromatic carbocycles. The Labute approximate surface area is 110 Å². The quantitative estimate of drug-likeness (QED) is 0.661. The predicted molar refractivity (Wildman–Crippen MR) is 69.2 cm³/mol. The van der Waals surface area contributed by atoms with E-state index >= 15 is 0 Å². The van der Waals surface area contributed by atoms with E-state index in [9.17, 15) is 8.78 Å². The molecule has 19 heavy (non-hydrogen) atoms. The number of aromatic nitrogens is 1. The van der Waals surface area contributed by atoms with Crippen LogP contribution in [0.3, 0.4) is 0 Å². The molecule has 0 amide bonds. The summed E-state index contributed by atoms with van der Waals surface area (Å²) in [6, 6.07) is 5.99. The van der Waals surface area contributed by atoms with E-state index in [1.807, 2.05) is 6.92 Å². The molecule has 0 aliphatic heterocycles. The van der Waals surface area contributed by atoms with Crippen LogP contribution < -0.4 is 11.3 Å². The van der Waals surface area contributed by atoms with Crippen molar-refractivity contribution >= 4 is 0 Å².